The van der Waals surface area contributed by atoms with Gasteiger partial charge in [-0.05, 0) is 11.6 Å². The van der Waals surface area contributed by atoms with Crippen molar-refractivity contribution >= 4 is 9.92 Å². The van der Waals surface area contributed by atoms with Gasteiger partial charge in [-0.1, -0.05) is 18.2 Å². The zero-order valence-electron chi connectivity index (χ0n) is 7.32. The van der Waals surface area contributed by atoms with Crippen LogP contribution in [0.15, 0.2) is 29.2 Å². The molecule has 0 spiro atoms. The molecule has 1 aromatic carbocycles. The first kappa shape index (κ1) is 10.2. The number of hydrogen-bond acceptors (Lipinski definition) is 3. The summed E-state index contributed by atoms with van der Waals surface area (Å²) in [7, 11) is -1.59. The van der Waals surface area contributed by atoms with E-state index in [4.69, 9.17) is 14.7 Å². The smallest absolute Gasteiger partial charge is 0.132 e. The maximum atomic E-state index is 11.3. The fourth-order valence-electron chi connectivity index (χ4n) is 1.07. The molecule has 0 saturated heterocycles. The second-order valence-corrected chi connectivity index (χ2v) is 4.28. The Bertz CT molecular complexity index is 387. The Morgan fingerprint density at radius 2 is 2.15 bits per heavy atom. The van der Waals surface area contributed by atoms with Crippen LogP contribution in [0.5, 0.6) is 0 Å². The molecule has 1 unspecified atom stereocenters. The van der Waals surface area contributed by atoms with Gasteiger partial charge in [-0.15, -0.1) is 0 Å². The van der Waals surface area contributed by atoms with Crippen LogP contribution in [0.1, 0.15) is 5.56 Å². The second-order valence-electron chi connectivity index (χ2n) is 2.64. The average molecular weight is 200 g/mol. The third-order valence-electron chi connectivity index (χ3n) is 1.60. The van der Waals surface area contributed by atoms with Crippen molar-refractivity contribution in [2.75, 3.05) is 7.11 Å². The lowest BCUT2D eigenvalue weighted by Gasteiger charge is -2.07. The van der Waals surface area contributed by atoms with Crippen molar-refractivity contribution in [2.45, 2.75) is 11.5 Å². The lowest BCUT2D eigenvalue weighted by Crippen LogP contribution is -2.13. The summed E-state index contributed by atoms with van der Waals surface area (Å²) in [6.07, 6.45) is 0. The van der Waals surface area contributed by atoms with Crippen LogP contribution in [0.25, 0.3) is 0 Å². The first-order valence-corrected chi connectivity index (χ1v) is 5.31. The third-order valence-corrected chi connectivity index (χ3v) is 2.65. The SMILES string of the molecule is COCc1ccccc1S(=N)(N)=O. The van der Waals surface area contributed by atoms with Crippen molar-refractivity contribution in [3.05, 3.63) is 29.8 Å². The first-order valence-electron chi connectivity index (χ1n) is 3.69. The van der Waals surface area contributed by atoms with Crippen molar-refractivity contribution in [1.29, 1.82) is 4.78 Å². The van der Waals surface area contributed by atoms with E-state index in [-0.39, 0.29) is 0 Å². The molecule has 1 rings (SSSR count). The van der Waals surface area contributed by atoms with E-state index in [9.17, 15) is 4.21 Å². The first-order chi connectivity index (χ1) is 6.05. The van der Waals surface area contributed by atoms with Gasteiger partial charge in [0.2, 0.25) is 0 Å². The largest absolute Gasteiger partial charge is 0.380 e. The summed E-state index contributed by atoms with van der Waals surface area (Å²) in [5, 5.41) is 5.23. The molecule has 3 N–H and O–H groups in total. The standard InChI is InChI=1S/C8H12N2O2S/c1-12-6-7-4-2-3-5-8(7)13(9,10)11/h2-5H,6H2,1H3,(H3,9,10,11). The number of hydrogen-bond donors (Lipinski definition) is 2. The minimum atomic E-state index is -3.14. The Hall–Kier alpha value is -0.910. The molecule has 0 aromatic heterocycles. The van der Waals surface area contributed by atoms with E-state index in [0.29, 0.717) is 17.1 Å². The van der Waals surface area contributed by atoms with Gasteiger partial charge in [0.15, 0.2) is 0 Å². The highest BCUT2D eigenvalue weighted by Gasteiger charge is 2.08. The summed E-state index contributed by atoms with van der Waals surface area (Å²) in [5.74, 6) is 0. The molecule has 5 heteroatoms. The molecule has 0 bridgehead atoms. The fourth-order valence-corrected chi connectivity index (χ4v) is 1.87. The lowest BCUT2D eigenvalue weighted by atomic mass is 10.2. The van der Waals surface area contributed by atoms with E-state index in [0.717, 1.165) is 0 Å². The molecule has 72 valence electrons. The lowest BCUT2D eigenvalue weighted by molar-refractivity contribution is 0.183. The maximum Gasteiger partial charge on any atom is 0.132 e. The molecular weight excluding hydrogens is 188 g/mol. The van der Waals surface area contributed by atoms with Gasteiger partial charge >= 0.3 is 0 Å². The maximum absolute atomic E-state index is 11.3. The van der Waals surface area contributed by atoms with Crippen LogP contribution in [-0.2, 0) is 21.3 Å². The molecule has 0 saturated carbocycles. The Balaban J connectivity index is 3.20. The normalized spacial score (nSPS) is 15.2. The number of rotatable bonds is 3. The van der Waals surface area contributed by atoms with E-state index in [1.165, 1.54) is 0 Å². The van der Waals surface area contributed by atoms with E-state index < -0.39 is 9.92 Å². The Labute approximate surface area is 77.8 Å². The zero-order valence-corrected chi connectivity index (χ0v) is 8.14. The van der Waals surface area contributed by atoms with Crippen LogP contribution in [-0.4, -0.2) is 11.3 Å². The summed E-state index contributed by atoms with van der Waals surface area (Å²) in [6, 6.07) is 6.84. The summed E-state index contributed by atoms with van der Waals surface area (Å²) in [5.41, 5.74) is 0.701. The Morgan fingerprint density at radius 3 is 2.69 bits per heavy atom. The van der Waals surface area contributed by atoms with Gasteiger partial charge in [0, 0.05) is 7.11 Å². The number of nitrogens with two attached hydrogens (primary N) is 1. The molecule has 0 heterocycles. The number of nitrogens with one attached hydrogen (secondary N) is 1. The van der Waals surface area contributed by atoms with Gasteiger partial charge in [-0.2, -0.15) is 0 Å². The van der Waals surface area contributed by atoms with E-state index in [1.54, 1.807) is 31.4 Å². The summed E-state index contributed by atoms with van der Waals surface area (Å²) >= 11 is 0. The molecule has 0 radical (unpaired) electrons. The van der Waals surface area contributed by atoms with Gasteiger partial charge in [0.25, 0.3) is 0 Å². The van der Waals surface area contributed by atoms with Gasteiger partial charge in [-0.3, -0.25) is 0 Å². The van der Waals surface area contributed by atoms with Crippen LogP contribution in [0.2, 0.25) is 0 Å². The van der Waals surface area contributed by atoms with Crippen LogP contribution in [0.4, 0.5) is 0 Å². The molecule has 13 heavy (non-hydrogen) atoms. The van der Waals surface area contributed by atoms with Gasteiger partial charge in [-0.25, -0.2) is 14.1 Å². The summed E-state index contributed by atoms with van der Waals surface area (Å²) in [4.78, 5) is 0.344. The van der Waals surface area contributed by atoms with E-state index in [1.807, 2.05) is 0 Å². The number of ether oxygens (including phenoxy) is 1. The molecule has 1 aromatic rings. The van der Waals surface area contributed by atoms with E-state index >= 15 is 0 Å². The van der Waals surface area contributed by atoms with Crippen molar-refractivity contribution in [1.82, 2.24) is 0 Å². The Kier molecular flexibility index (Phi) is 3.02. The number of benzene rings is 1. The molecule has 0 fully saturated rings. The topological polar surface area (TPSA) is 76.2 Å². The van der Waals surface area contributed by atoms with Crippen molar-refractivity contribution < 1.29 is 8.95 Å². The molecule has 1 atom stereocenters. The molecule has 0 aliphatic carbocycles. The highest BCUT2D eigenvalue weighted by Crippen LogP contribution is 2.14. The predicted octanol–water partition coefficient (Wildman–Crippen LogP) is 1.11. The van der Waals surface area contributed by atoms with Gasteiger partial charge < -0.3 is 4.74 Å². The molecule has 4 nitrogen and oxygen atoms in total. The second kappa shape index (κ2) is 3.87. The Morgan fingerprint density at radius 1 is 1.54 bits per heavy atom. The third kappa shape index (κ3) is 2.51. The van der Waals surface area contributed by atoms with Gasteiger partial charge in [0.1, 0.15) is 9.92 Å². The summed E-state index contributed by atoms with van der Waals surface area (Å²) in [6.45, 7) is 0.323. The van der Waals surface area contributed by atoms with Crippen molar-refractivity contribution in [2.24, 2.45) is 5.14 Å². The molecule has 0 amide bonds. The van der Waals surface area contributed by atoms with Crippen LogP contribution in [0.3, 0.4) is 0 Å². The van der Waals surface area contributed by atoms with Gasteiger partial charge in [0.05, 0.1) is 11.5 Å². The quantitative estimate of drug-likeness (QED) is 0.766. The average Bonchev–Trinajstić information content (AvgIpc) is 2.04. The van der Waals surface area contributed by atoms with Crippen LogP contribution in [0, 0.1) is 4.78 Å². The number of methoxy groups -OCH3 is 1. The minimum absolute atomic E-state index is 0.323. The van der Waals surface area contributed by atoms with Crippen LogP contribution < -0.4 is 5.14 Å². The molecule has 0 aliphatic heterocycles. The fraction of sp³-hybridized carbons (Fsp3) is 0.250. The van der Waals surface area contributed by atoms with Crippen LogP contribution >= 0.6 is 0 Å². The van der Waals surface area contributed by atoms with Crippen molar-refractivity contribution in [3.63, 3.8) is 0 Å². The minimum Gasteiger partial charge on any atom is -0.380 e. The molecule has 0 aliphatic rings. The van der Waals surface area contributed by atoms with E-state index in [2.05, 4.69) is 0 Å². The van der Waals surface area contributed by atoms with Crippen molar-refractivity contribution in [3.8, 4) is 0 Å². The highest BCUT2D eigenvalue weighted by molar-refractivity contribution is 7.90. The highest BCUT2D eigenvalue weighted by atomic mass is 32.2. The monoisotopic (exact) mass is 200 g/mol. The zero-order chi connectivity index (χ0) is 9.90. The molecular formula is C8H12N2O2S. The summed E-state index contributed by atoms with van der Waals surface area (Å²) < 4.78 is 23.4. The predicted molar refractivity (Wildman–Crippen MR) is 50.5 cm³/mol.